The van der Waals surface area contributed by atoms with Crippen molar-refractivity contribution in [3.8, 4) is 5.75 Å². The number of alkyl halides is 3. The van der Waals surface area contributed by atoms with Crippen LogP contribution in [0.25, 0.3) is 12.2 Å². The van der Waals surface area contributed by atoms with E-state index < -0.39 is 11.7 Å². The molecule has 0 radical (unpaired) electrons. The van der Waals surface area contributed by atoms with Gasteiger partial charge in [0.15, 0.2) is 0 Å². The summed E-state index contributed by atoms with van der Waals surface area (Å²) in [5.74, 6) is 1.07. The van der Waals surface area contributed by atoms with E-state index >= 15 is 0 Å². The fourth-order valence-electron chi connectivity index (χ4n) is 3.12. The zero-order valence-electron chi connectivity index (χ0n) is 17.6. The van der Waals surface area contributed by atoms with E-state index in [0.29, 0.717) is 17.1 Å². The Morgan fingerprint density at radius 2 is 1.79 bits per heavy atom. The molecule has 6 nitrogen and oxygen atoms in total. The molecule has 0 amide bonds. The van der Waals surface area contributed by atoms with Crippen molar-refractivity contribution in [1.29, 1.82) is 0 Å². The van der Waals surface area contributed by atoms with Crippen molar-refractivity contribution >= 4 is 12.2 Å². The Balaban J connectivity index is 1.24. The molecule has 2 heterocycles. The normalized spacial score (nSPS) is 11.8. The molecular weight excluding hydrogens is 433 g/mol. The van der Waals surface area contributed by atoms with Crippen LogP contribution in [0.5, 0.6) is 5.75 Å². The number of aryl methyl sites for hydroxylation is 2. The van der Waals surface area contributed by atoms with Crippen LogP contribution in [0.3, 0.4) is 0 Å². The molecule has 0 bridgehead atoms. The van der Waals surface area contributed by atoms with Crippen molar-refractivity contribution in [3.63, 3.8) is 0 Å². The van der Waals surface area contributed by atoms with Gasteiger partial charge in [-0.1, -0.05) is 29.5 Å². The Morgan fingerprint density at radius 1 is 1.00 bits per heavy atom. The van der Waals surface area contributed by atoms with Gasteiger partial charge in [0.05, 0.1) is 11.8 Å². The van der Waals surface area contributed by atoms with Crippen LogP contribution >= 0.6 is 0 Å². The second-order valence-electron chi connectivity index (χ2n) is 7.33. The molecule has 0 unspecified atom stereocenters. The molecule has 4 aromatic rings. The molecule has 0 aliphatic rings. The maximum Gasteiger partial charge on any atom is 0.416 e. The summed E-state index contributed by atoms with van der Waals surface area (Å²) < 4.78 is 50.8. The average Bonchev–Trinajstić information content (AvgIpc) is 3.49. The minimum absolute atomic E-state index is 0.239. The maximum atomic E-state index is 12.6. The van der Waals surface area contributed by atoms with Gasteiger partial charge in [0.2, 0.25) is 5.89 Å². The number of aromatic nitrogens is 4. The largest absolute Gasteiger partial charge is 0.487 e. The lowest BCUT2D eigenvalue weighted by Crippen LogP contribution is -2.03. The van der Waals surface area contributed by atoms with Crippen LogP contribution in [0.2, 0.25) is 0 Å². The van der Waals surface area contributed by atoms with Gasteiger partial charge in [-0.25, -0.2) is 4.98 Å². The van der Waals surface area contributed by atoms with Crippen LogP contribution in [0.15, 0.2) is 71.6 Å². The first kappa shape index (κ1) is 22.3. The van der Waals surface area contributed by atoms with Crippen molar-refractivity contribution in [2.24, 2.45) is 0 Å². The molecule has 0 aliphatic carbocycles. The molecule has 2 aromatic carbocycles. The highest BCUT2D eigenvalue weighted by Gasteiger charge is 2.29. The quantitative estimate of drug-likeness (QED) is 0.326. The highest BCUT2D eigenvalue weighted by molar-refractivity contribution is 5.66. The molecule has 0 saturated heterocycles. The van der Waals surface area contributed by atoms with E-state index in [-0.39, 0.29) is 6.61 Å². The minimum Gasteiger partial charge on any atom is -0.487 e. The lowest BCUT2D eigenvalue weighted by molar-refractivity contribution is -0.137. The summed E-state index contributed by atoms with van der Waals surface area (Å²) in [4.78, 5) is 4.31. The molecule has 0 saturated carbocycles. The van der Waals surface area contributed by atoms with Crippen LogP contribution in [0, 0.1) is 0 Å². The molecule has 0 fully saturated rings. The van der Waals surface area contributed by atoms with Crippen molar-refractivity contribution < 1.29 is 22.3 Å². The number of rotatable bonds is 9. The second kappa shape index (κ2) is 10.2. The van der Waals surface area contributed by atoms with Crippen molar-refractivity contribution in [3.05, 3.63) is 95.5 Å². The van der Waals surface area contributed by atoms with E-state index in [1.54, 1.807) is 18.3 Å². The van der Waals surface area contributed by atoms with Crippen molar-refractivity contribution in [1.82, 2.24) is 20.0 Å². The smallest absolute Gasteiger partial charge is 0.416 e. The predicted molar refractivity (Wildman–Crippen MR) is 116 cm³/mol. The molecular formula is C24H21F3N4O2. The predicted octanol–water partition coefficient (Wildman–Crippen LogP) is 5.67. The summed E-state index contributed by atoms with van der Waals surface area (Å²) in [5.41, 5.74) is 1.74. The van der Waals surface area contributed by atoms with E-state index in [0.717, 1.165) is 37.3 Å². The third-order valence-electron chi connectivity index (χ3n) is 4.86. The third kappa shape index (κ3) is 6.55. The van der Waals surface area contributed by atoms with Crippen LogP contribution in [-0.4, -0.2) is 20.0 Å². The van der Waals surface area contributed by atoms with Gasteiger partial charge in [0.1, 0.15) is 24.3 Å². The fourth-order valence-corrected chi connectivity index (χ4v) is 3.12. The number of hydrogen-bond donors (Lipinski definition) is 0. The molecule has 0 atom stereocenters. The van der Waals surface area contributed by atoms with Gasteiger partial charge < -0.3 is 9.15 Å². The lowest BCUT2D eigenvalue weighted by Gasteiger charge is -2.06. The Morgan fingerprint density at radius 3 is 2.48 bits per heavy atom. The average molecular weight is 454 g/mol. The summed E-state index contributed by atoms with van der Waals surface area (Å²) in [7, 11) is 0. The number of halogens is 3. The van der Waals surface area contributed by atoms with Gasteiger partial charge in [-0.05, 0) is 54.3 Å². The Bertz CT molecular complexity index is 1170. The van der Waals surface area contributed by atoms with E-state index in [1.807, 2.05) is 35.1 Å². The monoisotopic (exact) mass is 454 g/mol. The fraction of sp³-hybridized carbons (Fsp3) is 0.208. The third-order valence-corrected chi connectivity index (χ3v) is 4.86. The van der Waals surface area contributed by atoms with Gasteiger partial charge >= 0.3 is 6.18 Å². The molecule has 33 heavy (non-hydrogen) atoms. The molecule has 0 spiro atoms. The number of oxazole rings is 1. The molecule has 0 aliphatic heterocycles. The number of ether oxygens (including phenoxy) is 1. The van der Waals surface area contributed by atoms with Gasteiger partial charge in [0, 0.05) is 18.8 Å². The van der Waals surface area contributed by atoms with Crippen LogP contribution in [-0.2, 0) is 25.7 Å². The molecule has 9 heteroatoms. The van der Waals surface area contributed by atoms with Gasteiger partial charge in [0.25, 0.3) is 0 Å². The molecule has 0 N–H and O–H groups in total. The van der Waals surface area contributed by atoms with Gasteiger partial charge in [-0.2, -0.15) is 13.2 Å². The summed E-state index contributed by atoms with van der Waals surface area (Å²) >= 11 is 0. The van der Waals surface area contributed by atoms with Crippen LogP contribution in [0.1, 0.15) is 34.7 Å². The number of hydrogen-bond acceptors (Lipinski definition) is 5. The number of benzene rings is 2. The van der Waals surface area contributed by atoms with Crippen LogP contribution < -0.4 is 4.74 Å². The Hall–Kier alpha value is -3.88. The molecule has 2 aromatic heterocycles. The first-order valence-electron chi connectivity index (χ1n) is 10.3. The Kier molecular flexibility index (Phi) is 6.87. The van der Waals surface area contributed by atoms with Crippen LogP contribution in [0.4, 0.5) is 13.2 Å². The summed E-state index contributed by atoms with van der Waals surface area (Å²) in [6, 6.07) is 12.7. The Labute approximate surface area is 188 Å². The minimum atomic E-state index is -4.35. The summed E-state index contributed by atoms with van der Waals surface area (Å²) in [6.07, 6.45) is 5.78. The zero-order valence-corrected chi connectivity index (χ0v) is 17.6. The topological polar surface area (TPSA) is 66.0 Å². The summed E-state index contributed by atoms with van der Waals surface area (Å²) in [6.45, 7) is 1.06. The van der Waals surface area contributed by atoms with E-state index in [4.69, 9.17) is 9.15 Å². The second-order valence-corrected chi connectivity index (χ2v) is 7.33. The highest BCUT2D eigenvalue weighted by Crippen LogP contribution is 2.29. The SMILES string of the molecule is FC(F)(F)c1ccc(/C=C/c2nc(COc3ccc(CCCn4ccnn4)cc3)co2)cc1. The van der Waals surface area contributed by atoms with E-state index in [1.165, 1.54) is 24.0 Å². The van der Waals surface area contributed by atoms with Crippen molar-refractivity contribution in [2.45, 2.75) is 32.2 Å². The van der Waals surface area contributed by atoms with Gasteiger partial charge in [-0.3, -0.25) is 4.68 Å². The van der Waals surface area contributed by atoms with Gasteiger partial charge in [-0.15, -0.1) is 5.10 Å². The number of nitrogens with zero attached hydrogens (tertiary/aromatic N) is 4. The summed E-state index contributed by atoms with van der Waals surface area (Å²) in [5, 5.41) is 7.73. The standard InChI is InChI=1S/C24H21F3N4O2/c25-24(26,27)20-8-3-19(4-9-20)7-12-23-29-21(17-33-23)16-32-22-10-5-18(6-11-22)2-1-14-31-15-13-28-30-31/h3-13,15,17H,1-2,14,16H2/b12-7+. The van der Waals surface area contributed by atoms with Crippen molar-refractivity contribution in [2.75, 3.05) is 0 Å². The maximum absolute atomic E-state index is 12.6. The first-order valence-corrected chi connectivity index (χ1v) is 10.3. The van der Waals surface area contributed by atoms with E-state index in [9.17, 15) is 13.2 Å². The molecule has 170 valence electrons. The molecule has 4 rings (SSSR count). The lowest BCUT2D eigenvalue weighted by atomic mass is 10.1. The van der Waals surface area contributed by atoms with E-state index in [2.05, 4.69) is 15.3 Å². The highest BCUT2D eigenvalue weighted by atomic mass is 19.4. The first-order chi connectivity index (χ1) is 16.0. The zero-order chi connectivity index (χ0) is 23.1.